The van der Waals surface area contributed by atoms with Gasteiger partial charge in [-0.15, -0.1) is 16.8 Å². The lowest BCUT2D eigenvalue weighted by molar-refractivity contribution is -0.117. The summed E-state index contributed by atoms with van der Waals surface area (Å²) in [5.41, 5.74) is 0.922. The van der Waals surface area contributed by atoms with Gasteiger partial charge in [-0.1, -0.05) is 65.2 Å². The van der Waals surface area contributed by atoms with Crippen molar-refractivity contribution in [2.75, 3.05) is 5.75 Å². The van der Waals surface area contributed by atoms with Crippen molar-refractivity contribution in [3.05, 3.63) is 41.4 Å². The topological polar surface area (TPSA) is 88.9 Å². The molecule has 1 aliphatic carbocycles. The molecular formula is C20H24BrN5O2S. The maximum atomic E-state index is 12.2. The molecule has 1 saturated carbocycles. The quantitative estimate of drug-likeness (QED) is 0.461. The molecule has 1 fully saturated rings. The second-order valence-electron chi connectivity index (χ2n) is 6.86. The molecule has 1 aromatic heterocycles. The van der Waals surface area contributed by atoms with Crippen LogP contribution in [0, 0.1) is 0 Å². The van der Waals surface area contributed by atoms with Gasteiger partial charge in [-0.2, -0.15) is 0 Å². The van der Waals surface area contributed by atoms with Gasteiger partial charge in [0.25, 0.3) is 0 Å². The van der Waals surface area contributed by atoms with E-state index in [1.807, 2.05) is 28.8 Å². The molecule has 0 saturated heterocycles. The van der Waals surface area contributed by atoms with E-state index in [0.29, 0.717) is 17.5 Å². The summed E-state index contributed by atoms with van der Waals surface area (Å²) in [7, 11) is 0. The van der Waals surface area contributed by atoms with Gasteiger partial charge in [0.05, 0.1) is 5.75 Å². The lowest BCUT2D eigenvalue weighted by atomic mass is 9.96. The molecule has 7 nitrogen and oxygen atoms in total. The van der Waals surface area contributed by atoms with Gasteiger partial charge in [-0.3, -0.25) is 14.7 Å². The minimum absolute atomic E-state index is 0.0771. The Bertz CT molecular complexity index is 862. The van der Waals surface area contributed by atoms with Crippen molar-refractivity contribution in [3.8, 4) is 11.4 Å². The van der Waals surface area contributed by atoms with E-state index in [4.69, 9.17) is 0 Å². The third kappa shape index (κ3) is 6.17. The normalized spacial score (nSPS) is 14.4. The van der Waals surface area contributed by atoms with Crippen LogP contribution in [0.15, 0.2) is 46.5 Å². The molecule has 0 radical (unpaired) electrons. The highest BCUT2D eigenvalue weighted by molar-refractivity contribution is 9.10. The Morgan fingerprint density at radius 3 is 2.62 bits per heavy atom. The number of nitrogens with one attached hydrogen (secondary N) is 2. The number of carbonyl (C=O) groups excluding carboxylic acids is 2. The first-order valence-electron chi connectivity index (χ1n) is 9.60. The van der Waals surface area contributed by atoms with Gasteiger partial charge >= 0.3 is 6.03 Å². The number of carbonyl (C=O) groups is 2. The van der Waals surface area contributed by atoms with Crippen molar-refractivity contribution in [2.45, 2.75) is 49.8 Å². The van der Waals surface area contributed by atoms with E-state index >= 15 is 0 Å². The van der Waals surface area contributed by atoms with Crippen LogP contribution in [0.4, 0.5) is 4.79 Å². The fourth-order valence-corrected chi connectivity index (χ4v) is 4.27. The molecule has 2 aromatic rings. The van der Waals surface area contributed by atoms with E-state index in [0.717, 1.165) is 35.7 Å². The lowest BCUT2D eigenvalue weighted by Gasteiger charge is -2.22. The minimum atomic E-state index is -0.425. The fourth-order valence-electron chi connectivity index (χ4n) is 3.26. The van der Waals surface area contributed by atoms with Crippen LogP contribution in [0.25, 0.3) is 11.4 Å². The van der Waals surface area contributed by atoms with Crippen molar-refractivity contribution >= 4 is 39.6 Å². The molecule has 3 rings (SSSR count). The summed E-state index contributed by atoms with van der Waals surface area (Å²) < 4.78 is 2.88. The fraction of sp³-hybridized carbons (Fsp3) is 0.400. The molecule has 2 N–H and O–H groups in total. The lowest BCUT2D eigenvalue weighted by Crippen LogP contribution is -2.45. The Balaban J connectivity index is 1.58. The number of aromatic nitrogens is 3. The third-order valence-corrected chi connectivity index (χ3v) is 6.15. The van der Waals surface area contributed by atoms with Crippen molar-refractivity contribution < 1.29 is 9.59 Å². The number of thioether (sulfide) groups is 1. The molecule has 154 valence electrons. The second-order valence-corrected chi connectivity index (χ2v) is 8.72. The largest absolute Gasteiger partial charge is 0.335 e. The number of nitrogens with zero attached hydrogens (tertiary/aromatic N) is 3. The Labute approximate surface area is 182 Å². The first-order valence-corrected chi connectivity index (χ1v) is 11.4. The minimum Gasteiger partial charge on any atom is -0.335 e. The predicted molar refractivity (Wildman–Crippen MR) is 118 cm³/mol. The van der Waals surface area contributed by atoms with E-state index in [1.54, 1.807) is 6.08 Å². The van der Waals surface area contributed by atoms with Crippen LogP contribution in [-0.2, 0) is 11.3 Å². The van der Waals surface area contributed by atoms with Gasteiger partial charge in [0.15, 0.2) is 11.0 Å². The molecular weight excluding hydrogens is 454 g/mol. The van der Waals surface area contributed by atoms with Crippen LogP contribution in [-0.4, -0.2) is 38.5 Å². The Morgan fingerprint density at radius 2 is 1.93 bits per heavy atom. The Morgan fingerprint density at radius 1 is 1.21 bits per heavy atom. The summed E-state index contributed by atoms with van der Waals surface area (Å²) in [5, 5.41) is 14.4. The number of amides is 3. The molecule has 0 aliphatic heterocycles. The predicted octanol–water partition coefficient (Wildman–Crippen LogP) is 4.14. The van der Waals surface area contributed by atoms with Crippen LogP contribution in [0.3, 0.4) is 0 Å². The summed E-state index contributed by atoms with van der Waals surface area (Å²) in [4.78, 5) is 24.2. The molecule has 0 spiro atoms. The average Bonchev–Trinajstić information content (AvgIpc) is 3.10. The first kappa shape index (κ1) is 21.6. The molecule has 9 heteroatoms. The number of hydrogen-bond acceptors (Lipinski definition) is 5. The number of urea groups is 1. The zero-order valence-corrected chi connectivity index (χ0v) is 18.5. The first-order chi connectivity index (χ1) is 14.1. The summed E-state index contributed by atoms with van der Waals surface area (Å²) in [6.07, 6.45) is 7.15. The van der Waals surface area contributed by atoms with Crippen LogP contribution < -0.4 is 10.6 Å². The summed E-state index contributed by atoms with van der Waals surface area (Å²) in [6, 6.07) is 7.51. The summed E-state index contributed by atoms with van der Waals surface area (Å²) in [6.45, 7) is 4.31. The second kappa shape index (κ2) is 10.6. The number of benzene rings is 1. The number of hydrogen-bond donors (Lipinski definition) is 2. The van der Waals surface area contributed by atoms with Gasteiger partial charge in [-0.05, 0) is 25.0 Å². The number of imide groups is 1. The zero-order chi connectivity index (χ0) is 20.6. The van der Waals surface area contributed by atoms with E-state index in [2.05, 4.69) is 43.3 Å². The molecule has 3 amide bonds. The van der Waals surface area contributed by atoms with Crippen molar-refractivity contribution in [1.82, 2.24) is 25.4 Å². The van der Waals surface area contributed by atoms with Crippen LogP contribution in [0.5, 0.6) is 0 Å². The van der Waals surface area contributed by atoms with Crippen molar-refractivity contribution in [2.24, 2.45) is 0 Å². The SMILES string of the molecule is C=CCn1c(SCC(=O)NC(=O)NC2CCCCC2)nnc1-c1ccc(Br)cc1. The zero-order valence-electron chi connectivity index (χ0n) is 16.1. The van der Waals surface area contributed by atoms with Gasteiger partial charge in [0, 0.05) is 22.6 Å². The van der Waals surface area contributed by atoms with E-state index in [1.165, 1.54) is 18.2 Å². The Kier molecular flexibility index (Phi) is 7.88. The molecule has 1 aromatic carbocycles. The smallest absolute Gasteiger partial charge is 0.321 e. The monoisotopic (exact) mass is 477 g/mol. The molecule has 0 atom stereocenters. The highest BCUT2D eigenvalue weighted by atomic mass is 79.9. The molecule has 0 unspecified atom stereocenters. The van der Waals surface area contributed by atoms with Crippen molar-refractivity contribution in [3.63, 3.8) is 0 Å². The summed E-state index contributed by atoms with van der Waals surface area (Å²) >= 11 is 4.67. The van der Waals surface area contributed by atoms with Crippen LogP contribution >= 0.6 is 27.7 Å². The standard InChI is InChI=1S/C20H24BrN5O2S/c1-2-12-26-18(14-8-10-15(21)11-9-14)24-25-20(26)29-13-17(27)23-19(28)22-16-6-4-3-5-7-16/h2,8-11,16H,1,3-7,12-13H2,(H2,22,23,27,28). The summed E-state index contributed by atoms with van der Waals surface area (Å²) in [5.74, 6) is 0.422. The maximum absolute atomic E-state index is 12.2. The van der Waals surface area contributed by atoms with E-state index in [9.17, 15) is 9.59 Å². The van der Waals surface area contributed by atoms with E-state index in [-0.39, 0.29) is 17.7 Å². The highest BCUT2D eigenvalue weighted by Gasteiger charge is 2.18. The van der Waals surface area contributed by atoms with Crippen LogP contribution in [0.1, 0.15) is 32.1 Å². The number of halogens is 1. The molecule has 1 aliphatic rings. The van der Waals surface area contributed by atoms with Gasteiger partial charge in [-0.25, -0.2) is 4.79 Å². The molecule has 0 bridgehead atoms. The average molecular weight is 478 g/mol. The maximum Gasteiger partial charge on any atom is 0.321 e. The highest BCUT2D eigenvalue weighted by Crippen LogP contribution is 2.25. The molecule has 1 heterocycles. The van der Waals surface area contributed by atoms with Crippen molar-refractivity contribution in [1.29, 1.82) is 0 Å². The van der Waals surface area contributed by atoms with Gasteiger partial charge in [0.2, 0.25) is 5.91 Å². The van der Waals surface area contributed by atoms with Gasteiger partial charge in [0.1, 0.15) is 0 Å². The molecule has 29 heavy (non-hydrogen) atoms. The van der Waals surface area contributed by atoms with Gasteiger partial charge < -0.3 is 5.32 Å². The Hall–Kier alpha value is -2.13. The third-order valence-electron chi connectivity index (χ3n) is 4.66. The van der Waals surface area contributed by atoms with Crippen LogP contribution in [0.2, 0.25) is 0 Å². The van der Waals surface area contributed by atoms with E-state index < -0.39 is 6.03 Å². The number of allylic oxidation sites excluding steroid dienone is 1. The number of rotatable bonds is 7.